The maximum atomic E-state index is 12.6. The highest BCUT2D eigenvalue weighted by Crippen LogP contribution is 2.26. The Kier molecular flexibility index (Phi) is 4.81. The lowest BCUT2D eigenvalue weighted by Gasteiger charge is -2.37. The Morgan fingerprint density at radius 2 is 1.97 bits per heavy atom. The summed E-state index contributed by atoms with van der Waals surface area (Å²) in [6.45, 7) is 3.17. The summed E-state index contributed by atoms with van der Waals surface area (Å²) in [6, 6.07) is 5.05. The number of carbonyl (C=O) groups is 3. The van der Waals surface area contributed by atoms with Crippen LogP contribution >= 0.6 is 0 Å². The number of piperidine rings is 1. The van der Waals surface area contributed by atoms with Crippen LogP contribution in [0.3, 0.4) is 0 Å². The average Bonchev–Trinajstić information content (AvgIpc) is 2.97. The Morgan fingerprint density at radius 3 is 2.66 bits per heavy atom. The Balaban J connectivity index is 1.33. The van der Waals surface area contributed by atoms with Crippen molar-refractivity contribution in [3.8, 4) is 0 Å². The number of carbonyl (C=O) groups excluding carboxylic acids is 3. The van der Waals surface area contributed by atoms with Gasteiger partial charge in [-0.3, -0.25) is 24.3 Å². The van der Waals surface area contributed by atoms with E-state index in [9.17, 15) is 19.2 Å². The Morgan fingerprint density at radius 1 is 1.21 bits per heavy atom. The molecule has 9 heteroatoms. The second kappa shape index (κ2) is 7.31. The molecular weight excluding hydrogens is 374 g/mol. The standard InChI is InChI=1S/C20H23N5O4/c1-13-4-2-5-14-16(13)21-12-25(17(14)27)9-3-6-15(26)24-10-7-20(8-11-24)18(28)22-19(29)23-20/h2,4-5,12H,3,6-11H2,1H3,(H2,22,23,28,29). The van der Waals surface area contributed by atoms with E-state index in [1.807, 2.05) is 19.1 Å². The predicted octanol–water partition coefficient (Wildman–Crippen LogP) is 0.686. The van der Waals surface area contributed by atoms with Crippen LogP contribution in [0.1, 0.15) is 31.2 Å². The molecule has 2 aliphatic rings. The van der Waals surface area contributed by atoms with Crippen LogP contribution in [0, 0.1) is 6.92 Å². The number of nitrogens with zero attached hydrogens (tertiary/aromatic N) is 3. The number of rotatable bonds is 4. The van der Waals surface area contributed by atoms with Crippen molar-refractivity contribution in [2.75, 3.05) is 13.1 Å². The molecule has 0 unspecified atom stereocenters. The third-order valence-corrected chi connectivity index (χ3v) is 5.83. The Bertz CT molecular complexity index is 1050. The lowest BCUT2D eigenvalue weighted by atomic mass is 9.87. The second-order valence-corrected chi connectivity index (χ2v) is 7.69. The smallest absolute Gasteiger partial charge is 0.322 e. The number of fused-ring (bicyclic) bond motifs is 1. The molecule has 29 heavy (non-hydrogen) atoms. The van der Waals surface area contributed by atoms with Gasteiger partial charge in [-0.15, -0.1) is 0 Å². The molecule has 2 aromatic rings. The van der Waals surface area contributed by atoms with Crippen molar-refractivity contribution in [3.63, 3.8) is 0 Å². The first kappa shape index (κ1) is 19.1. The van der Waals surface area contributed by atoms with Crippen molar-refractivity contribution < 1.29 is 14.4 Å². The summed E-state index contributed by atoms with van der Waals surface area (Å²) in [5.41, 5.74) is 0.678. The maximum absolute atomic E-state index is 12.6. The zero-order valence-corrected chi connectivity index (χ0v) is 16.2. The first-order valence-electron chi connectivity index (χ1n) is 9.76. The topological polar surface area (TPSA) is 113 Å². The van der Waals surface area contributed by atoms with E-state index in [0.29, 0.717) is 56.2 Å². The fourth-order valence-electron chi connectivity index (χ4n) is 4.07. The molecule has 0 saturated carbocycles. The van der Waals surface area contributed by atoms with E-state index in [0.717, 1.165) is 5.56 Å². The molecule has 1 spiro atoms. The number of aryl methyl sites for hydroxylation is 2. The number of hydrogen-bond donors (Lipinski definition) is 2. The third kappa shape index (κ3) is 3.48. The molecule has 2 aliphatic heterocycles. The summed E-state index contributed by atoms with van der Waals surface area (Å²) >= 11 is 0. The fourth-order valence-corrected chi connectivity index (χ4v) is 4.07. The highest BCUT2D eigenvalue weighted by Gasteiger charge is 2.48. The van der Waals surface area contributed by atoms with E-state index in [1.54, 1.807) is 15.5 Å². The minimum absolute atomic E-state index is 0.0118. The van der Waals surface area contributed by atoms with Crippen LogP contribution in [0.15, 0.2) is 29.3 Å². The van der Waals surface area contributed by atoms with E-state index < -0.39 is 11.6 Å². The van der Waals surface area contributed by atoms with Gasteiger partial charge >= 0.3 is 6.03 Å². The molecule has 0 aliphatic carbocycles. The van der Waals surface area contributed by atoms with Gasteiger partial charge in [0.25, 0.3) is 11.5 Å². The highest BCUT2D eigenvalue weighted by molar-refractivity contribution is 6.07. The monoisotopic (exact) mass is 397 g/mol. The van der Waals surface area contributed by atoms with Gasteiger partial charge in [0.2, 0.25) is 5.91 Å². The Hall–Kier alpha value is -3.23. The molecule has 0 radical (unpaired) electrons. The number of imide groups is 1. The van der Waals surface area contributed by atoms with Crippen molar-refractivity contribution >= 4 is 28.7 Å². The zero-order valence-electron chi connectivity index (χ0n) is 16.2. The van der Waals surface area contributed by atoms with Crippen LogP contribution in [-0.2, 0) is 16.1 Å². The lowest BCUT2D eigenvalue weighted by Crippen LogP contribution is -2.55. The second-order valence-electron chi connectivity index (χ2n) is 7.69. The van der Waals surface area contributed by atoms with Gasteiger partial charge in [-0.2, -0.15) is 0 Å². The van der Waals surface area contributed by atoms with Crippen LogP contribution in [0.4, 0.5) is 4.79 Å². The van der Waals surface area contributed by atoms with Gasteiger partial charge in [0.05, 0.1) is 17.2 Å². The molecule has 3 heterocycles. The number of hydrogen-bond acceptors (Lipinski definition) is 5. The minimum Gasteiger partial charge on any atom is -0.342 e. The number of aromatic nitrogens is 2. The first-order chi connectivity index (χ1) is 13.9. The molecule has 4 rings (SSSR count). The number of para-hydroxylation sites is 1. The molecule has 2 saturated heterocycles. The predicted molar refractivity (Wildman–Crippen MR) is 105 cm³/mol. The zero-order chi connectivity index (χ0) is 20.6. The van der Waals surface area contributed by atoms with Crippen LogP contribution in [-0.4, -0.2) is 50.9 Å². The maximum Gasteiger partial charge on any atom is 0.322 e. The number of likely N-dealkylation sites (tertiary alicyclic amines) is 1. The minimum atomic E-state index is -0.879. The number of amides is 4. The molecule has 1 aromatic heterocycles. The van der Waals surface area contributed by atoms with Gasteiger partial charge in [-0.1, -0.05) is 12.1 Å². The van der Waals surface area contributed by atoms with Gasteiger partial charge in [0.1, 0.15) is 5.54 Å². The molecule has 1 aromatic carbocycles. The normalized spacial score (nSPS) is 18.2. The average molecular weight is 397 g/mol. The van der Waals surface area contributed by atoms with Crippen LogP contribution in [0.2, 0.25) is 0 Å². The van der Waals surface area contributed by atoms with Crippen molar-refractivity contribution in [1.82, 2.24) is 25.1 Å². The Labute approximate surface area is 167 Å². The van der Waals surface area contributed by atoms with Gasteiger partial charge in [-0.25, -0.2) is 9.78 Å². The van der Waals surface area contributed by atoms with Crippen molar-refractivity contribution in [3.05, 3.63) is 40.4 Å². The van der Waals surface area contributed by atoms with E-state index in [2.05, 4.69) is 15.6 Å². The molecule has 0 atom stereocenters. The number of benzene rings is 1. The van der Waals surface area contributed by atoms with Gasteiger partial charge in [-0.05, 0) is 37.8 Å². The van der Waals surface area contributed by atoms with Crippen LogP contribution in [0.5, 0.6) is 0 Å². The lowest BCUT2D eigenvalue weighted by molar-refractivity contribution is -0.135. The third-order valence-electron chi connectivity index (χ3n) is 5.83. The van der Waals surface area contributed by atoms with Gasteiger partial charge in [0, 0.05) is 26.1 Å². The van der Waals surface area contributed by atoms with Crippen molar-refractivity contribution in [2.45, 2.75) is 44.7 Å². The quantitative estimate of drug-likeness (QED) is 0.737. The number of urea groups is 1. The summed E-state index contributed by atoms with van der Waals surface area (Å²) in [4.78, 5) is 54.6. The van der Waals surface area contributed by atoms with E-state index >= 15 is 0 Å². The van der Waals surface area contributed by atoms with E-state index in [-0.39, 0.29) is 17.4 Å². The van der Waals surface area contributed by atoms with E-state index in [1.165, 1.54) is 6.33 Å². The highest BCUT2D eigenvalue weighted by atomic mass is 16.2. The largest absolute Gasteiger partial charge is 0.342 e. The molecule has 0 bridgehead atoms. The molecular formula is C20H23N5O4. The summed E-state index contributed by atoms with van der Waals surface area (Å²) < 4.78 is 1.54. The van der Waals surface area contributed by atoms with Crippen LogP contribution < -0.4 is 16.2 Å². The number of nitrogens with one attached hydrogen (secondary N) is 2. The fraction of sp³-hybridized carbons (Fsp3) is 0.450. The SMILES string of the molecule is Cc1cccc2c(=O)n(CCCC(=O)N3CCC4(CC3)NC(=O)NC4=O)cnc12. The first-order valence-corrected chi connectivity index (χ1v) is 9.76. The molecule has 2 fully saturated rings. The molecule has 152 valence electrons. The van der Waals surface area contributed by atoms with Gasteiger partial charge < -0.3 is 10.2 Å². The molecule has 2 N–H and O–H groups in total. The summed E-state index contributed by atoms with van der Waals surface area (Å²) in [7, 11) is 0. The summed E-state index contributed by atoms with van der Waals surface area (Å²) in [5, 5.41) is 5.53. The van der Waals surface area contributed by atoms with Crippen molar-refractivity contribution in [2.24, 2.45) is 0 Å². The van der Waals surface area contributed by atoms with Crippen LogP contribution in [0.25, 0.3) is 10.9 Å². The molecule has 9 nitrogen and oxygen atoms in total. The van der Waals surface area contributed by atoms with Gasteiger partial charge in [0.15, 0.2) is 0 Å². The van der Waals surface area contributed by atoms with E-state index in [4.69, 9.17) is 0 Å². The summed E-state index contributed by atoms with van der Waals surface area (Å²) in [5.74, 6) is -0.324. The molecule has 4 amide bonds. The van der Waals surface area contributed by atoms with Crippen molar-refractivity contribution in [1.29, 1.82) is 0 Å². The summed E-state index contributed by atoms with van der Waals surface area (Å²) in [6.07, 6.45) is 3.18.